The summed E-state index contributed by atoms with van der Waals surface area (Å²) < 4.78 is 5.04. The molecule has 0 aliphatic carbocycles. The quantitative estimate of drug-likeness (QED) is 0.681. The van der Waals surface area contributed by atoms with Gasteiger partial charge in [0.2, 0.25) is 6.10 Å². The summed E-state index contributed by atoms with van der Waals surface area (Å²) in [6, 6.07) is 9.08. The van der Waals surface area contributed by atoms with Gasteiger partial charge in [0, 0.05) is 5.56 Å². The van der Waals surface area contributed by atoms with Gasteiger partial charge in [-0.2, -0.15) is 4.99 Å². The lowest BCUT2D eigenvalue weighted by molar-refractivity contribution is -0.122. The molecular formula is C9H8N2O2. The van der Waals surface area contributed by atoms with Crippen molar-refractivity contribution in [3.05, 3.63) is 35.9 Å². The molecule has 2 N–H and O–H groups in total. The number of carbonyl (C=O) groups is 1. The molecule has 0 saturated carbocycles. The third-order valence-corrected chi connectivity index (χ3v) is 1.79. The van der Waals surface area contributed by atoms with Gasteiger partial charge < -0.3 is 10.5 Å². The maximum Gasteiger partial charge on any atom is 0.296 e. The summed E-state index contributed by atoms with van der Waals surface area (Å²) in [4.78, 5) is 14.7. The van der Waals surface area contributed by atoms with Crippen molar-refractivity contribution in [1.29, 1.82) is 0 Å². The minimum atomic E-state index is -0.652. The molecule has 1 atom stereocenters. The number of aliphatic imine (C=N–C) groups is 1. The van der Waals surface area contributed by atoms with Crippen molar-refractivity contribution in [2.24, 2.45) is 10.7 Å². The first-order chi connectivity index (χ1) is 6.27. The fourth-order valence-corrected chi connectivity index (χ4v) is 1.20. The number of benzene rings is 1. The first kappa shape index (κ1) is 7.79. The van der Waals surface area contributed by atoms with Crippen LogP contribution in [0.2, 0.25) is 0 Å². The van der Waals surface area contributed by atoms with Gasteiger partial charge in [-0.15, -0.1) is 0 Å². The van der Waals surface area contributed by atoms with E-state index in [0.29, 0.717) is 0 Å². The molecule has 0 bridgehead atoms. The van der Waals surface area contributed by atoms with E-state index >= 15 is 0 Å². The summed E-state index contributed by atoms with van der Waals surface area (Å²) in [6.45, 7) is 0. The van der Waals surface area contributed by atoms with Crippen molar-refractivity contribution in [3.8, 4) is 0 Å². The van der Waals surface area contributed by atoms with E-state index in [4.69, 9.17) is 10.5 Å². The van der Waals surface area contributed by atoms with Crippen molar-refractivity contribution in [2.75, 3.05) is 0 Å². The second kappa shape index (κ2) is 2.90. The van der Waals surface area contributed by atoms with Crippen LogP contribution in [0.3, 0.4) is 0 Å². The lowest BCUT2D eigenvalue weighted by Gasteiger charge is -2.07. The van der Waals surface area contributed by atoms with Crippen LogP contribution in [0.5, 0.6) is 0 Å². The summed E-state index contributed by atoms with van der Waals surface area (Å²) in [5.74, 6) is -0.344. The Bertz CT molecular complexity index is 359. The van der Waals surface area contributed by atoms with Gasteiger partial charge in [-0.25, -0.2) is 0 Å². The van der Waals surface area contributed by atoms with E-state index in [0.717, 1.165) is 5.56 Å². The number of carbonyl (C=O) groups excluding carboxylic acids is 1. The van der Waals surface area contributed by atoms with Gasteiger partial charge in [0.25, 0.3) is 11.9 Å². The Hall–Kier alpha value is -1.84. The summed E-state index contributed by atoms with van der Waals surface area (Å²) in [5, 5.41) is 0. The van der Waals surface area contributed by atoms with Crippen molar-refractivity contribution in [1.82, 2.24) is 0 Å². The van der Waals surface area contributed by atoms with Gasteiger partial charge in [0.1, 0.15) is 0 Å². The normalized spacial score (nSPS) is 21.1. The highest BCUT2D eigenvalue weighted by Gasteiger charge is 2.28. The van der Waals surface area contributed by atoms with Gasteiger partial charge in [0.05, 0.1) is 0 Å². The molecule has 2 rings (SSSR count). The number of hydrogen-bond donors (Lipinski definition) is 1. The molecule has 1 aliphatic heterocycles. The molecule has 1 aromatic carbocycles. The van der Waals surface area contributed by atoms with E-state index < -0.39 is 6.10 Å². The third kappa shape index (κ3) is 1.38. The van der Waals surface area contributed by atoms with E-state index in [1.807, 2.05) is 18.2 Å². The first-order valence-electron chi connectivity index (χ1n) is 3.87. The summed E-state index contributed by atoms with van der Waals surface area (Å²) in [7, 11) is 0. The second-order valence-electron chi connectivity index (χ2n) is 2.70. The Kier molecular flexibility index (Phi) is 1.73. The van der Waals surface area contributed by atoms with E-state index in [9.17, 15) is 4.79 Å². The van der Waals surface area contributed by atoms with Crippen LogP contribution in [0, 0.1) is 0 Å². The van der Waals surface area contributed by atoms with Crippen LogP contribution in [0.1, 0.15) is 11.7 Å². The Morgan fingerprint density at radius 2 is 2.00 bits per heavy atom. The molecule has 4 nitrogen and oxygen atoms in total. The first-order valence-corrected chi connectivity index (χ1v) is 3.87. The van der Waals surface area contributed by atoms with Crippen LogP contribution in [-0.4, -0.2) is 11.9 Å². The second-order valence-corrected chi connectivity index (χ2v) is 2.70. The number of nitrogens with zero attached hydrogens (tertiary/aromatic N) is 1. The van der Waals surface area contributed by atoms with E-state index in [1.54, 1.807) is 12.1 Å². The highest BCUT2D eigenvalue weighted by atomic mass is 16.5. The van der Waals surface area contributed by atoms with Crippen molar-refractivity contribution in [2.45, 2.75) is 6.10 Å². The van der Waals surface area contributed by atoms with Gasteiger partial charge in [-0.05, 0) is 0 Å². The van der Waals surface area contributed by atoms with Crippen molar-refractivity contribution < 1.29 is 9.53 Å². The zero-order valence-corrected chi connectivity index (χ0v) is 6.81. The molecule has 4 heteroatoms. The summed E-state index contributed by atoms with van der Waals surface area (Å²) in [5.41, 5.74) is 6.03. The monoisotopic (exact) mass is 176 g/mol. The third-order valence-electron chi connectivity index (χ3n) is 1.79. The Morgan fingerprint density at radius 1 is 1.31 bits per heavy atom. The van der Waals surface area contributed by atoms with E-state index in [2.05, 4.69) is 4.99 Å². The molecule has 13 heavy (non-hydrogen) atoms. The van der Waals surface area contributed by atoms with E-state index in [1.165, 1.54) is 0 Å². The molecule has 1 heterocycles. The van der Waals surface area contributed by atoms with Crippen LogP contribution in [-0.2, 0) is 9.53 Å². The number of amides is 1. The standard InChI is InChI=1S/C9H8N2O2/c10-9-11-8(12)7(13-9)6-4-2-1-3-5-6/h1-5,7H,(H2,10,11,12)/t7-/m1/s1. The van der Waals surface area contributed by atoms with E-state index in [-0.39, 0.29) is 11.9 Å². The Labute approximate surface area is 75.0 Å². The van der Waals surface area contributed by atoms with Crippen LogP contribution in [0.4, 0.5) is 0 Å². The fourth-order valence-electron chi connectivity index (χ4n) is 1.20. The molecular weight excluding hydrogens is 168 g/mol. The average molecular weight is 176 g/mol. The molecule has 0 fully saturated rings. The molecule has 0 radical (unpaired) electrons. The van der Waals surface area contributed by atoms with Crippen LogP contribution >= 0.6 is 0 Å². The molecule has 1 amide bonds. The molecule has 0 unspecified atom stereocenters. The Balaban J connectivity index is 2.26. The minimum absolute atomic E-state index is 0.0566. The molecule has 0 spiro atoms. The summed E-state index contributed by atoms with van der Waals surface area (Å²) >= 11 is 0. The van der Waals surface area contributed by atoms with Gasteiger partial charge >= 0.3 is 0 Å². The predicted octanol–water partition coefficient (Wildman–Crippen LogP) is 0.599. The lowest BCUT2D eigenvalue weighted by atomic mass is 10.1. The van der Waals surface area contributed by atoms with Crippen LogP contribution in [0.25, 0.3) is 0 Å². The topological polar surface area (TPSA) is 64.7 Å². The maximum atomic E-state index is 11.2. The number of amidine groups is 1. The predicted molar refractivity (Wildman–Crippen MR) is 46.9 cm³/mol. The number of hydrogen-bond acceptors (Lipinski definition) is 3. The SMILES string of the molecule is NC1=NC(=O)[C@@H](c2ccccc2)O1. The number of rotatable bonds is 1. The zero-order valence-electron chi connectivity index (χ0n) is 6.81. The molecule has 0 saturated heterocycles. The van der Waals surface area contributed by atoms with Gasteiger partial charge in [0.15, 0.2) is 0 Å². The van der Waals surface area contributed by atoms with Gasteiger partial charge in [-0.1, -0.05) is 30.3 Å². The Morgan fingerprint density at radius 3 is 2.54 bits per heavy atom. The highest BCUT2D eigenvalue weighted by Crippen LogP contribution is 2.22. The fraction of sp³-hybridized carbons (Fsp3) is 0.111. The number of nitrogens with two attached hydrogens (primary N) is 1. The highest BCUT2D eigenvalue weighted by molar-refractivity contribution is 5.98. The molecule has 0 aromatic heterocycles. The van der Waals surface area contributed by atoms with Crippen molar-refractivity contribution >= 4 is 11.9 Å². The lowest BCUT2D eigenvalue weighted by Crippen LogP contribution is -2.13. The smallest absolute Gasteiger partial charge is 0.296 e. The van der Waals surface area contributed by atoms with Crippen LogP contribution in [0.15, 0.2) is 35.3 Å². The minimum Gasteiger partial charge on any atom is -0.447 e. The van der Waals surface area contributed by atoms with Gasteiger partial charge in [-0.3, -0.25) is 4.79 Å². The molecule has 1 aliphatic rings. The number of ether oxygens (including phenoxy) is 1. The largest absolute Gasteiger partial charge is 0.447 e. The maximum absolute atomic E-state index is 11.2. The van der Waals surface area contributed by atoms with Crippen LogP contribution < -0.4 is 5.73 Å². The zero-order chi connectivity index (χ0) is 9.26. The summed E-state index contributed by atoms with van der Waals surface area (Å²) in [6.07, 6.45) is -0.652. The molecule has 1 aromatic rings. The molecule has 66 valence electrons. The van der Waals surface area contributed by atoms with Crippen molar-refractivity contribution in [3.63, 3.8) is 0 Å². The average Bonchev–Trinajstić information content (AvgIpc) is 2.47.